The van der Waals surface area contributed by atoms with Crippen molar-refractivity contribution in [3.05, 3.63) is 154 Å². The first kappa shape index (κ1) is 110. The highest BCUT2D eigenvalue weighted by atomic mass is 35.5. The van der Waals surface area contributed by atoms with Gasteiger partial charge in [-0.3, -0.25) is 62.9 Å². The molecular formula is C94H128ClN15O23S4. The molecule has 0 spiro atoms. The Morgan fingerprint density at radius 1 is 0.766 bits per heavy atom. The van der Waals surface area contributed by atoms with Crippen LogP contribution in [0.2, 0.25) is 5.02 Å². The van der Waals surface area contributed by atoms with Gasteiger partial charge in [-0.05, 0) is 120 Å². The number of carbonyl (C=O) groups is 14. The highest BCUT2D eigenvalue weighted by Crippen LogP contribution is 2.50. The second kappa shape index (κ2) is 53.0. The number of aromatic amines is 1. The summed E-state index contributed by atoms with van der Waals surface area (Å²) in [4.78, 5) is 207. The molecule has 4 bridgehead atoms. The number of H-pyrrole nitrogens is 1. The number of epoxide rings is 1. The minimum atomic E-state index is -1.93. The number of fused-ring (bicyclic) bond motifs is 6. The fraction of sp³-hybridized carbons (Fsp3) is 0.532. The molecule has 5 aromatic rings. The molecule has 3 saturated heterocycles. The first-order valence-electron chi connectivity index (χ1n) is 45.4. The molecule has 9 rings (SSSR count). The lowest BCUT2D eigenvalue weighted by molar-refractivity contribution is -0.161. The summed E-state index contributed by atoms with van der Waals surface area (Å²) in [5, 5.41) is 74.0. The van der Waals surface area contributed by atoms with Crippen LogP contribution >= 0.6 is 54.8 Å². The topological polar surface area (TPSA) is 550 Å². The van der Waals surface area contributed by atoms with E-state index < -0.39 is 204 Å². The van der Waals surface area contributed by atoms with E-state index in [1.165, 1.54) is 80.5 Å². The van der Waals surface area contributed by atoms with Crippen LogP contribution in [0.1, 0.15) is 128 Å². The average molecular weight is 2000 g/mol. The molecule has 38 nitrogen and oxygen atoms in total. The predicted molar refractivity (Wildman–Crippen MR) is 521 cm³/mol. The van der Waals surface area contributed by atoms with Crippen molar-refractivity contribution >= 4 is 154 Å². The third kappa shape index (κ3) is 31.8. The Kier molecular flexibility index (Phi) is 42.6. The first-order chi connectivity index (χ1) is 65.3. The van der Waals surface area contributed by atoms with Gasteiger partial charge in [-0.15, -0.1) is 0 Å². The van der Waals surface area contributed by atoms with E-state index in [1.54, 1.807) is 130 Å². The number of nitrogens with one attached hydrogen (secondary N) is 12. The number of hydrogen-bond donors (Lipinski definition) is 17. The number of carbonyl (C=O) groups excluding carboxylic acids is 14. The van der Waals surface area contributed by atoms with Gasteiger partial charge in [0, 0.05) is 126 Å². The van der Waals surface area contributed by atoms with Crippen LogP contribution in [-0.4, -0.2) is 293 Å². The van der Waals surface area contributed by atoms with Crippen LogP contribution in [0.15, 0.2) is 127 Å². The van der Waals surface area contributed by atoms with E-state index in [0.29, 0.717) is 51.9 Å². The Morgan fingerprint density at radius 2 is 1.41 bits per heavy atom. The second-order valence-corrected chi connectivity index (χ2v) is 40.2. The molecule has 0 saturated carbocycles. The van der Waals surface area contributed by atoms with Gasteiger partial charge in [0.05, 0.1) is 43.8 Å². The number of rotatable bonds is 35. The molecule has 18 N–H and O–H groups in total. The number of nitrogens with two attached hydrogens (primary N) is 1. The number of unbranched alkanes of at least 4 members (excludes halogenated alkanes) is 1. The number of aromatic nitrogens is 1. The Hall–Kier alpha value is -10.5. The number of methoxy groups -OCH3 is 2. The van der Waals surface area contributed by atoms with Crippen LogP contribution in [0.5, 0.6) is 5.75 Å². The van der Waals surface area contributed by atoms with Crippen LogP contribution < -0.4 is 73.9 Å². The van der Waals surface area contributed by atoms with E-state index in [-0.39, 0.29) is 112 Å². The van der Waals surface area contributed by atoms with Crippen molar-refractivity contribution in [2.45, 2.75) is 240 Å². The van der Waals surface area contributed by atoms with Crippen molar-refractivity contribution in [1.29, 1.82) is 0 Å². The number of halogens is 1. The number of amides is 13. The molecule has 43 heteroatoms. The first-order valence-corrected chi connectivity index (χ1v) is 50.7. The van der Waals surface area contributed by atoms with Gasteiger partial charge in [-0.2, -0.15) is 0 Å². The highest BCUT2D eigenvalue weighted by Gasteiger charge is 2.64. The van der Waals surface area contributed by atoms with Gasteiger partial charge in [0.15, 0.2) is 5.72 Å². The fourth-order valence-corrected chi connectivity index (χ4v) is 20.8. The normalized spacial score (nSPS) is 25.3. The lowest BCUT2D eigenvalue weighted by Gasteiger charge is -2.42. The number of ether oxygens (including phenoxy) is 5. The SMILES string of the molecule is CNC(=O)[C@H](CSSCCC(=O)N(C)[C@@H](C)C(=O)O[C@H]1CCC(=O)N(C)c2cc(cc(OC)c2Cl)C/C(C)=C/C=C/[C@@H](OC)[C@@]2(O)C[C@H](OC(=O)N2)[C@@H](C)[C@@H]2O[C@@]12C)NC(=O)CCCC(=O)N[C@H](Cc1ccccc1)C(=O)N[C@H]1CSSC[C@@H](C(=O)N[C@H](CO)[C@@H](C)O)NC(=O)[C@H]([C@@H](C)O)NC(=O)[C@H](CCCCN)NC(=O)[C@@H](Cc2c[nH]c3ccccc23)NC(=O)[C@H](Cc2ccccc2)NC1=O. The third-order valence-corrected chi connectivity index (χ3v) is 29.6. The summed E-state index contributed by atoms with van der Waals surface area (Å²) >= 11 is 6.86. The van der Waals surface area contributed by atoms with Gasteiger partial charge in [0.1, 0.15) is 89.1 Å². The molecule has 4 aliphatic heterocycles. The monoisotopic (exact) mass is 2000 g/mol. The zero-order chi connectivity index (χ0) is 100.0. The zero-order valence-corrected chi connectivity index (χ0v) is 82.6. The minimum Gasteiger partial charge on any atom is -0.495 e. The summed E-state index contributed by atoms with van der Waals surface area (Å²) in [6.07, 6.45) is -1.55. The van der Waals surface area contributed by atoms with Gasteiger partial charge in [0.2, 0.25) is 70.9 Å². The molecule has 0 radical (unpaired) electrons. The Labute approximate surface area is 816 Å². The summed E-state index contributed by atoms with van der Waals surface area (Å²) in [6, 6.07) is 13.6. The standard InChI is InChI=1S/C94H128ClN15O23S4/c1-52-24-22-32-75(130-11)94(128)46-73(131-92(127)108-94)53(2)82-93(6,133-82)74(35-36-78(116)110(9)71-43-59(40-52)44-72(129-10)80(71)95)132-91(126)54(3)109(8)79(117)37-39-134-135-49-68(83(118)97-7)100-77(115)34-23-33-76(114)99-64(41-57-25-14-12-15-26-57)85(120)105-69-50-136-137-51-70(89(124)104-67(48-111)55(4)112)106-90(125)81(56(5)113)107-84(119)63(31-20-21-38-96)101-87(122)66(45-60-47-98-62-30-19-18-29-61(60)62)103-86(121)65(102-88(69)123)42-58-27-16-13-17-28-58/h12-19,22,24-30,32,43-44,47,53-56,63-70,73-75,81-82,98,111-113,128H,20-21,23,31,33-42,45-46,48-51,96H2,1-11H3,(H,97,118)(H,99,114)(H,100,115)(H,101,122)(H,102,123)(H,103,121)(H,104,124)(H,105,120)(H,106,125)(H,107,119)(H,108,127)/b32-22+,52-24+/t53-,54+,55-,56-,63+,64-,65+,66-,67-,68+,69+,70+,73+,74+,75-,81+,82+,93+,94+/m1/s1. The number of nitrogens with zero attached hydrogens (tertiary/aromatic N) is 2. The van der Waals surface area contributed by atoms with Gasteiger partial charge >= 0.3 is 12.1 Å². The number of benzene rings is 4. The fourth-order valence-electron chi connectivity index (χ4n) is 16.0. The van der Waals surface area contributed by atoms with E-state index in [4.69, 9.17) is 41.0 Å². The van der Waals surface area contributed by atoms with E-state index in [1.807, 2.05) is 19.1 Å². The number of esters is 1. The Balaban J connectivity index is 0.858. The molecule has 4 aromatic carbocycles. The summed E-state index contributed by atoms with van der Waals surface area (Å²) in [7, 11) is 11.5. The molecule has 748 valence electrons. The molecule has 5 heterocycles. The van der Waals surface area contributed by atoms with Crippen LogP contribution in [0.4, 0.5) is 10.5 Å². The number of allylic oxidation sites excluding steroid dienone is 3. The van der Waals surface area contributed by atoms with Gasteiger partial charge < -0.3 is 118 Å². The number of hydrogen-bond acceptors (Lipinski definition) is 28. The third-order valence-electron chi connectivity index (χ3n) is 24.4. The summed E-state index contributed by atoms with van der Waals surface area (Å²) < 4.78 is 29.8. The van der Waals surface area contributed by atoms with E-state index >= 15 is 19.2 Å². The molecule has 0 unspecified atom stereocenters. The quantitative estimate of drug-likeness (QED) is 0.0120. The maximum Gasteiger partial charge on any atom is 0.409 e. The molecule has 3 fully saturated rings. The van der Waals surface area contributed by atoms with Crippen molar-refractivity contribution in [2.24, 2.45) is 11.7 Å². The average Bonchev–Trinajstić information content (AvgIpc) is 1.57. The molecule has 4 aliphatic rings. The molecule has 13 amide bonds. The second-order valence-electron chi connectivity index (χ2n) is 34.7. The van der Waals surface area contributed by atoms with Crippen molar-refractivity contribution < 1.29 is 111 Å². The summed E-state index contributed by atoms with van der Waals surface area (Å²) in [6.45, 7) is 8.84. The van der Waals surface area contributed by atoms with Gasteiger partial charge in [-0.1, -0.05) is 164 Å². The van der Waals surface area contributed by atoms with Gasteiger partial charge in [0.25, 0.3) is 0 Å². The molecule has 1 aromatic heterocycles. The molecule has 0 aliphatic carbocycles. The number of anilines is 1. The van der Waals surface area contributed by atoms with Crippen molar-refractivity contribution in [3.63, 3.8) is 0 Å². The molecular weight excluding hydrogens is 1870 g/mol. The van der Waals surface area contributed by atoms with Crippen LogP contribution in [0.3, 0.4) is 0 Å². The lowest BCUT2D eigenvalue weighted by atomic mass is 9.83. The molecule has 19 atom stereocenters. The summed E-state index contributed by atoms with van der Waals surface area (Å²) in [5.41, 5.74) is 7.05. The number of aliphatic hydroxyl groups excluding tert-OH is 3. The van der Waals surface area contributed by atoms with E-state index in [0.717, 1.165) is 32.7 Å². The maximum atomic E-state index is 15.3. The van der Waals surface area contributed by atoms with Crippen LogP contribution in [-0.2, 0) is 107 Å². The van der Waals surface area contributed by atoms with E-state index in [9.17, 15) is 68.4 Å². The lowest BCUT2D eigenvalue weighted by Crippen LogP contribution is -2.63. The van der Waals surface area contributed by atoms with Crippen LogP contribution in [0, 0.1) is 5.92 Å². The Morgan fingerprint density at radius 3 is 2.07 bits per heavy atom. The van der Waals surface area contributed by atoms with Crippen molar-refractivity contribution in [3.8, 4) is 5.75 Å². The number of para-hydroxylation sites is 1. The number of likely N-dealkylation sites (N-methyl/N-ethyl adjacent to an activating group) is 2. The maximum absolute atomic E-state index is 15.3. The smallest absolute Gasteiger partial charge is 0.409 e. The minimum absolute atomic E-state index is 0.00988. The van der Waals surface area contributed by atoms with Crippen LogP contribution in [0.25, 0.3) is 10.9 Å². The zero-order valence-electron chi connectivity index (χ0n) is 78.5. The summed E-state index contributed by atoms with van der Waals surface area (Å²) in [5.74, 6) is -10.8. The van der Waals surface area contributed by atoms with Gasteiger partial charge in [-0.25, -0.2) is 9.59 Å². The number of aliphatic hydroxyl groups is 4. The largest absolute Gasteiger partial charge is 0.495 e. The van der Waals surface area contributed by atoms with E-state index in [2.05, 4.69) is 63.5 Å². The Bertz CT molecular complexity index is 5090. The highest BCUT2D eigenvalue weighted by molar-refractivity contribution is 8.77. The predicted octanol–water partition coefficient (Wildman–Crippen LogP) is 3.44. The number of alkyl carbamates (subject to hydrolysis) is 1. The van der Waals surface area contributed by atoms with Crippen molar-refractivity contribution in [1.82, 2.24) is 68.4 Å². The van der Waals surface area contributed by atoms with Crippen molar-refractivity contribution in [2.75, 3.05) is 76.4 Å². The molecule has 137 heavy (non-hydrogen) atoms.